The topological polar surface area (TPSA) is 21.8 Å². The smallest absolute Gasteiger partial charge is 0.123 e. The van der Waals surface area contributed by atoms with Gasteiger partial charge in [0.25, 0.3) is 0 Å². The van der Waals surface area contributed by atoms with Crippen LogP contribution in [0.5, 0.6) is 5.75 Å². The summed E-state index contributed by atoms with van der Waals surface area (Å²) < 4.78 is 11.3. The zero-order valence-electron chi connectivity index (χ0n) is 9.45. The van der Waals surface area contributed by atoms with Gasteiger partial charge in [0, 0.05) is 0 Å². The largest absolute Gasteiger partial charge is 0.491 e. The van der Waals surface area contributed by atoms with Crippen molar-refractivity contribution in [2.45, 2.75) is 12.2 Å². The van der Waals surface area contributed by atoms with Gasteiger partial charge in [0.15, 0.2) is 0 Å². The van der Waals surface area contributed by atoms with E-state index in [1.165, 1.54) is 5.56 Å². The zero-order chi connectivity index (χ0) is 11.5. The van der Waals surface area contributed by atoms with Crippen LogP contribution in [0.15, 0.2) is 60.7 Å². The molecule has 1 heterocycles. The average Bonchev–Trinajstić information content (AvgIpc) is 3.18. The van der Waals surface area contributed by atoms with Crippen molar-refractivity contribution in [1.82, 2.24) is 0 Å². The summed E-state index contributed by atoms with van der Waals surface area (Å²) in [5.41, 5.74) is 1.23. The Kier molecular flexibility index (Phi) is 2.80. The predicted octanol–water partition coefficient (Wildman–Crippen LogP) is 3.21. The minimum Gasteiger partial charge on any atom is -0.491 e. The number of hydrogen-bond donors (Lipinski definition) is 0. The van der Waals surface area contributed by atoms with Crippen molar-refractivity contribution >= 4 is 0 Å². The Bertz CT molecular complexity index is 467. The first-order valence-corrected chi connectivity index (χ1v) is 5.82. The van der Waals surface area contributed by atoms with E-state index in [9.17, 15) is 0 Å². The molecule has 1 fully saturated rings. The quantitative estimate of drug-likeness (QED) is 0.747. The van der Waals surface area contributed by atoms with E-state index in [-0.39, 0.29) is 12.2 Å². The van der Waals surface area contributed by atoms with Gasteiger partial charge in [0.1, 0.15) is 24.6 Å². The number of epoxide rings is 1. The maximum absolute atomic E-state index is 5.66. The van der Waals surface area contributed by atoms with Gasteiger partial charge in [-0.1, -0.05) is 48.5 Å². The van der Waals surface area contributed by atoms with Crippen molar-refractivity contribution in [2.24, 2.45) is 0 Å². The second-order valence-electron chi connectivity index (χ2n) is 4.13. The van der Waals surface area contributed by atoms with Gasteiger partial charge in [-0.05, 0) is 17.7 Å². The Labute approximate surface area is 101 Å². The molecule has 2 atom stereocenters. The van der Waals surface area contributed by atoms with E-state index in [2.05, 4.69) is 12.1 Å². The average molecular weight is 226 g/mol. The summed E-state index contributed by atoms with van der Waals surface area (Å²) >= 11 is 0. The van der Waals surface area contributed by atoms with Crippen molar-refractivity contribution in [1.29, 1.82) is 0 Å². The third-order valence-electron chi connectivity index (χ3n) is 2.87. The fourth-order valence-corrected chi connectivity index (χ4v) is 1.90. The molecule has 1 saturated heterocycles. The number of rotatable bonds is 4. The van der Waals surface area contributed by atoms with E-state index in [4.69, 9.17) is 9.47 Å². The van der Waals surface area contributed by atoms with Crippen LogP contribution in [0.3, 0.4) is 0 Å². The van der Waals surface area contributed by atoms with Gasteiger partial charge < -0.3 is 9.47 Å². The van der Waals surface area contributed by atoms with Crippen molar-refractivity contribution in [3.8, 4) is 5.75 Å². The van der Waals surface area contributed by atoms with E-state index in [1.54, 1.807) is 0 Å². The Morgan fingerprint density at radius 1 is 0.882 bits per heavy atom. The van der Waals surface area contributed by atoms with Crippen LogP contribution in [0, 0.1) is 0 Å². The first-order chi connectivity index (χ1) is 8.43. The summed E-state index contributed by atoms with van der Waals surface area (Å²) in [7, 11) is 0. The molecule has 0 amide bonds. The highest BCUT2D eigenvalue weighted by atomic mass is 16.6. The van der Waals surface area contributed by atoms with Gasteiger partial charge in [0.2, 0.25) is 0 Å². The lowest BCUT2D eigenvalue weighted by atomic mass is 10.1. The number of para-hydroxylation sites is 1. The van der Waals surface area contributed by atoms with Crippen molar-refractivity contribution in [3.05, 3.63) is 66.2 Å². The second-order valence-corrected chi connectivity index (χ2v) is 4.13. The van der Waals surface area contributed by atoms with E-state index >= 15 is 0 Å². The van der Waals surface area contributed by atoms with Crippen LogP contribution < -0.4 is 4.74 Å². The van der Waals surface area contributed by atoms with E-state index in [1.807, 2.05) is 48.5 Å². The summed E-state index contributed by atoms with van der Waals surface area (Å²) in [6, 6.07) is 20.1. The Balaban J connectivity index is 1.53. The fourth-order valence-electron chi connectivity index (χ4n) is 1.90. The molecule has 2 aromatic rings. The number of benzene rings is 2. The molecule has 0 bridgehead atoms. The normalized spacial score (nSPS) is 22.1. The molecule has 2 unspecified atom stereocenters. The van der Waals surface area contributed by atoms with E-state index in [0.29, 0.717) is 6.61 Å². The van der Waals surface area contributed by atoms with E-state index < -0.39 is 0 Å². The maximum Gasteiger partial charge on any atom is 0.123 e. The van der Waals surface area contributed by atoms with Gasteiger partial charge in [-0.25, -0.2) is 0 Å². The highest BCUT2D eigenvalue weighted by Crippen LogP contribution is 2.38. The Morgan fingerprint density at radius 2 is 1.53 bits per heavy atom. The molecule has 86 valence electrons. The molecule has 17 heavy (non-hydrogen) atoms. The molecule has 3 rings (SSSR count). The Morgan fingerprint density at radius 3 is 2.24 bits per heavy atom. The van der Waals surface area contributed by atoms with Crippen LogP contribution in [0.1, 0.15) is 11.7 Å². The first-order valence-electron chi connectivity index (χ1n) is 5.82. The molecule has 0 spiro atoms. The van der Waals surface area contributed by atoms with Crippen molar-refractivity contribution < 1.29 is 9.47 Å². The van der Waals surface area contributed by atoms with Crippen LogP contribution in [0.4, 0.5) is 0 Å². The van der Waals surface area contributed by atoms with Crippen LogP contribution >= 0.6 is 0 Å². The molecule has 0 aromatic heterocycles. The lowest BCUT2D eigenvalue weighted by Gasteiger charge is -2.02. The third kappa shape index (κ3) is 2.48. The summed E-state index contributed by atoms with van der Waals surface area (Å²) in [6.45, 7) is 0.615. The predicted molar refractivity (Wildman–Crippen MR) is 66.0 cm³/mol. The number of hydrogen-bond acceptors (Lipinski definition) is 2. The maximum atomic E-state index is 5.66. The minimum absolute atomic E-state index is 0.192. The van der Waals surface area contributed by atoms with Crippen molar-refractivity contribution in [2.75, 3.05) is 6.61 Å². The summed E-state index contributed by atoms with van der Waals surface area (Å²) in [5, 5.41) is 0. The molecule has 0 radical (unpaired) electrons. The zero-order valence-corrected chi connectivity index (χ0v) is 9.45. The van der Waals surface area contributed by atoms with Gasteiger partial charge in [-0.2, -0.15) is 0 Å². The monoisotopic (exact) mass is 226 g/mol. The highest BCUT2D eigenvalue weighted by Gasteiger charge is 2.40. The standard InChI is InChI=1S/C15H14O2/c1-3-7-12(8-4-1)15-14(17-15)11-16-13-9-5-2-6-10-13/h1-10,14-15H,11H2. The Hall–Kier alpha value is -1.80. The van der Waals surface area contributed by atoms with Gasteiger partial charge >= 0.3 is 0 Å². The van der Waals surface area contributed by atoms with Crippen molar-refractivity contribution in [3.63, 3.8) is 0 Å². The molecular weight excluding hydrogens is 212 g/mol. The molecule has 2 heteroatoms. The highest BCUT2D eigenvalue weighted by molar-refractivity contribution is 5.24. The molecule has 1 aliphatic rings. The van der Waals surface area contributed by atoms with E-state index in [0.717, 1.165) is 5.75 Å². The van der Waals surface area contributed by atoms with Crippen LogP contribution in [-0.4, -0.2) is 12.7 Å². The lowest BCUT2D eigenvalue weighted by Crippen LogP contribution is -2.05. The van der Waals surface area contributed by atoms with Crippen LogP contribution in [-0.2, 0) is 4.74 Å². The summed E-state index contributed by atoms with van der Waals surface area (Å²) in [5.74, 6) is 0.898. The minimum atomic E-state index is 0.192. The molecule has 0 aliphatic carbocycles. The summed E-state index contributed by atoms with van der Waals surface area (Å²) in [6.07, 6.45) is 0.400. The molecule has 0 N–H and O–H groups in total. The van der Waals surface area contributed by atoms with Crippen LogP contribution in [0.25, 0.3) is 0 Å². The third-order valence-corrected chi connectivity index (χ3v) is 2.87. The molecule has 2 aromatic carbocycles. The lowest BCUT2D eigenvalue weighted by molar-refractivity contribution is 0.260. The van der Waals surface area contributed by atoms with Gasteiger partial charge in [0.05, 0.1) is 0 Å². The molecule has 0 saturated carbocycles. The number of ether oxygens (including phenoxy) is 2. The SMILES string of the molecule is c1ccc(OCC2OC2c2ccccc2)cc1. The van der Waals surface area contributed by atoms with Crippen LogP contribution in [0.2, 0.25) is 0 Å². The summed E-state index contributed by atoms with van der Waals surface area (Å²) in [4.78, 5) is 0. The second kappa shape index (κ2) is 4.60. The van der Waals surface area contributed by atoms with Gasteiger partial charge in [-0.3, -0.25) is 0 Å². The van der Waals surface area contributed by atoms with Gasteiger partial charge in [-0.15, -0.1) is 0 Å². The first kappa shape index (κ1) is 10.4. The molecule has 2 nitrogen and oxygen atoms in total. The molecule has 1 aliphatic heterocycles. The molecular formula is C15H14O2. The fraction of sp³-hybridized carbons (Fsp3) is 0.200.